The van der Waals surface area contributed by atoms with Crippen molar-refractivity contribution in [3.8, 4) is 0 Å². The Balaban J connectivity index is 1.27. The zero-order valence-electron chi connectivity index (χ0n) is 25.5. The van der Waals surface area contributed by atoms with Gasteiger partial charge in [0, 0.05) is 60.8 Å². The molecule has 15 nitrogen and oxygen atoms in total. The van der Waals surface area contributed by atoms with E-state index in [1.807, 2.05) is 6.92 Å². The highest BCUT2D eigenvalue weighted by Gasteiger charge is 2.55. The van der Waals surface area contributed by atoms with Crippen molar-refractivity contribution in [2.75, 3.05) is 50.8 Å². The van der Waals surface area contributed by atoms with Gasteiger partial charge in [0.15, 0.2) is 16.7 Å². The number of piperidine rings is 1. The second kappa shape index (κ2) is 12.3. The van der Waals surface area contributed by atoms with Crippen molar-refractivity contribution in [2.24, 2.45) is 15.4 Å². The summed E-state index contributed by atoms with van der Waals surface area (Å²) < 4.78 is 0.981. The molecule has 7 rings (SSSR count). The van der Waals surface area contributed by atoms with Crippen LogP contribution in [-0.4, -0.2) is 123 Å². The quantitative estimate of drug-likeness (QED) is 0.107. The molecule has 7 heterocycles. The summed E-state index contributed by atoms with van der Waals surface area (Å²) in [4.78, 5) is 50.2. The number of oxime groups is 1. The fourth-order valence-electron chi connectivity index (χ4n) is 6.25. The number of hydrogen-bond acceptors (Lipinski definition) is 13. The molecule has 2 bridgehead atoms. The van der Waals surface area contributed by atoms with Crippen LogP contribution in [-0.2, 0) is 19.2 Å². The van der Waals surface area contributed by atoms with Crippen LogP contribution in [0.5, 0.6) is 0 Å². The van der Waals surface area contributed by atoms with E-state index in [-0.39, 0.29) is 27.8 Å². The SMILES string of the molecule is CC1=NN=C(C2=C(C[N+]34CCNC(CC3)CC4)CS[C@@H]3[C@H](NC(=O)/C(=N\OC(C)(C)C(=O)O)c4csc(N)n4)C(=O)N23)NCC1. The summed E-state index contributed by atoms with van der Waals surface area (Å²) in [5.74, 6) is -1.00. The maximum absolute atomic E-state index is 13.9. The Morgan fingerprint density at radius 3 is 2.76 bits per heavy atom. The minimum atomic E-state index is -1.70. The van der Waals surface area contributed by atoms with Gasteiger partial charge in [-0.3, -0.25) is 14.5 Å². The number of nitrogens with zero attached hydrogens (tertiary/aromatic N) is 6. The van der Waals surface area contributed by atoms with Crippen LogP contribution in [0.3, 0.4) is 0 Å². The number of aliphatic carboxylic acids is 1. The number of β-lactam (4-membered cyclic amide) rings is 1. The van der Waals surface area contributed by atoms with Gasteiger partial charge < -0.3 is 36.1 Å². The Hall–Kier alpha value is -3.54. The fraction of sp³-hybridized carbons (Fsp3) is 0.607. The standard InChI is InChI=1S/C28H38N10O5S2/c1-15-4-7-31-22(35-34-15)21-16(12-38-9-5-17(6-10-38)30-8-11-38)13-44-25-20(24(40)37(21)25)33-23(39)19(18-14-45-27(29)32-18)36-43-28(2,3)26(41)42/h14,17,20,25,30H,4-13H2,1-3H3,(H4-,29,31,32,33,35,39,41,42)/p+1/b36-19-/t17?,20-,25-,38?/m1/s1. The zero-order chi connectivity index (χ0) is 31.9. The number of fused-ring (bicyclic) bond motifs is 5. The molecule has 0 aliphatic carbocycles. The topological polar surface area (TPSA) is 196 Å². The molecule has 0 saturated carbocycles. The van der Waals surface area contributed by atoms with E-state index < -0.39 is 23.5 Å². The number of carbonyl (C=O) groups is 3. The van der Waals surface area contributed by atoms with Gasteiger partial charge >= 0.3 is 5.97 Å². The minimum absolute atomic E-state index is 0.119. The number of nitrogen functional groups attached to an aromatic ring is 1. The number of thioether (sulfide) groups is 1. The van der Waals surface area contributed by atoms with Gasteiger partial charge in [-0.25, -0.2) is 9.78 Å². The Labute approximate surface area is 269 Å². The van der Waals surface area contributed by atoms with Gasteiger partial charge in [-0.2, -0.15) is 5.10 Å². The van der Waals surface area contributed by atoms with Crippen LogP contribution in [0.15, 0.2) is 32.0 Å². The second-order valence-corrected chi connectivity index (χ2v) is 14.6. The van der Waals surface area contributed by atoms with Gasteiger partial charge in [-0.1, -0.05) is 5.16 Å². The molecular formula is C28H39N10O5S2+. The van der Waals surface area contributed by atoms with Gasteiger partial charge in [-0.05, 0) is 20.8 Å². The van der Waals surface area contributed by atoms with Crippen molar-refractivity contribution in [2.45, 2.75) is 63.1 Å². The summed E-state index contributed by atoms with van der Waals surface area (Å²) in [5, 5.41) is 33.5. The lowest BCUT2D eigenvalue weighted by atomic mass is 9.99. The normalized spacial score (nSPS) is 28.6. The number of carboxylic acids is 1. The molecule has 6 aliphatic rings. The minimum Gasteiger partial charge on any atom is -0.478 e. The molecule has 0 unspecified atom stereocenters. The molecule has 0 radical (unpaired) electrons. The average molecular weight is 660 g/mol. The van der Waals surface area contributed by atoms with Crippen molar-refractivity contribution >= 4 is 63.3 Å². The highest BCUT2D eigenvalue weighted by atomic mass is 32.2. The molecule has 1 aromatic heterocycles. The number of nitrogens with one attached hydrogen (secondary N) is 3. The summed E-state index contributed by atoms with van der Waals surface area (Å²) in [5.41, 5.74) is 6.76. The van der Waals surface area contributed by atoms with E-state index in [2.05, 4.69) is 36.3 Å². The number of rotatable bonds is 9. The van der Waals surface area contributed by atoms with Gasteiger partial charge in [0.2, 0.25) is 5.60 Å². The number of nitrogens with two attached hydrogens (primary N) is 1. The summed E-state index contributed by atoms with van der Waals surface area (Å²) in [7, 11) is 0. The van der Waals surface area contributed by atoms with Gasteiger partial charge in [-0.15, -0.1) is 28.2 Å². The van der Waals surface area contributed by atoms with Crippen LogP contribution in [0.2, 0.25) is 0 Å². The zero-order valence-corrected chi connectivity index (χ0v) is 27.2. The molecule has 1 aromatic rings. The van der Waals surface area contributed by atoms with E-state index in [9.17, 15) is 19.5 Å². The Bertz CT molecular complexity index is 1500. The predicted molar refractivity (Wildman–Crippen MR) is 172 cm³/mol. The maximum Gasteiger partial charge on any atom is 0.350 e. The van der Waals surface area contributed by atoms with Crippen LogP contribution in [0.25, 0.3) is 0 Å². The molecule has 2 atom stereocenters. The number of amidine groups is 1. The molecule has 4 fully saturated rings. The van der Waals surface area contributed by atoms with E-state index in [0.717, 1.165) is 84.8 Å². The molecule has 6 aliphatic heterocycles. The number of thiazole rings is 1. The summed E-state index contributed by atoms with van der Waals surface area (Å²) in [6.45, 7) is 10.2. The first-order valence-electron chi connectivity index (χ1n) is 15.1. The van der Waals surface area contributed by atoms with Crippen LogP contribution >= 0.6 is 23.1 Å². The first kappa shape index (κ1) is 31.4. The van der Waals surface area contributed by atoms with Gasteiger partial charge in [0.1, 0.15) is 23.7 Å². The monoisotopic (exact) mass is 659 g/mol. The maximum atomic E-state index is 13.9. The third-order valence-corrected chi connectivity index (χ3v) is 11.0. The number of anilines is 1. The highest BCUT2D eigenvalue weighted by Crippen LogP contribution is 2.42. The highest BCUT2D eigenvalue weighted by molar-refractivity contribution is 8.00. The summed E-state index contributed by atoms with van der Waals surface area (Å²) >= 11 is 2.70. The second-order valence-electron chi connectivity index (χ2n) is 12.6. The molecular weight excluding hydrogens is 621 g/mol. The first-order valence-corrected chi connectivity index (χ1v) is 17.0. The largest absolute Gasteiger partial charge is 0.478 e. The number of hydrogen-bond donors (Lipinski definition) is 5. The summed E-state index contributed by atoms with van der Waals surface area (Å²) in [6, 6.07) is -0.270. The van der Waals surface area contributed by atoms with Crippen molar-refractivity contribution < 1.29 is 28.8 Å². The molecule has 45 heavy (non-hydrogen) atoms. The molecule has 6 N–H and O–H groups in total. The smallest absolute Gasteiger partial charge is 0.350 e. The van der Waals surface area contributed by atoms with Crippen molar-refractivity contribution in [3.05, 3.63) is 22.3 Å². The van der Waals surface area contributed by atoms with E-state index in [1.54, 1.807) is 16.7 Å². The molecule has 4 saturated heterocycles. The third kappa shape index (κ3) is 6.30. The lowest BCUT2D eigenvalue weighted by Crippen LogP contribution is -2.71. The molecule has 0 aromatic carbocycles. The number of amides is 2. The first-order chi connectivity index (χ1) is 21.5. The summed E-state index contributed by atoms with van der Waals surface area (Å²) in [6.07, 6.45) is 3.02. The van der Waals surface area contributed by atoms with Crippen LogP contribution < -0.4 is 21.7 Å². The van der Waals surface area contributed by atoms with E-state index in [4.69, 9.17) is 10.6 Å². The third-order valence-electron chi connectivity index (χ3n) is 8.97. The van der Waals surface area contributed by atoms with Crippen LogP contribution in [0.4, 0.5) is 5.13 Å². The van der Waals surface area contributed by atoms with Crippen LogP contribution in [0.1, 0.15) is 45.7 Å². The Kier molecular flexibility index (Phi) is 8.62. The Morgan fingerprint density at radius 1 is 1.27 bits per heavy atom. The number of carboxylic acid groups (broad SMARTS) is 1. The molecule has 0 spiro atoms. The van der Waals surface area contributed by atoms with E-state index in [0.29, 0.717) is 24.2 Å². The van der Waals surface area contributed by atoms with Crippen molar-refractivity contribution in [3.63, 3.8) is 0 Å². The predicted octanol–water partition coefficient (Wildman–Crippen LogP) is 0.313. The number of quaternary nitrogens is 1. The fourth-order valence-corrected chi connectivity index (χ4v) is 8.13. The van der Waals surface area contributed by atoms with Gasteiger partial charge in [0.25, 0.3) is 11.8 Å². The Morgan fingerprint density at radius 2 is 2.04 bits per heavy atom. The average Bonchev–Trinajstić information content (AvgIpc) is 3.15. The lowest BCUT2D eigenvalue weighted by molar-refractivity contribution is -0.924. The number of carbonyl (C=O) groups excluding carboxylic acids is 2. The van der Waals surface area contributed by atoms with Crippen molar-refractivity contribution in [1.29, 1.82) is 0 Å². The van der Waals surface area contributed by atoms with Crippen molar-refractivity contribution in [1.82, 2.24) is 25.8 Å². The van der Waals surface area contributed by atoms with E-state index >= 15 is 0 Å². The van der Waals surface area contributed by atoms with Crippen LogP contribution in [0, 0.1) is 0 Å². The molecule has 242 valence electrons. The van der Waals surface area contributed by atoms with E-state index in [1.165, 1.54) is 19.2 Å². The number of aromatic nitrogens is 1. The van der Waals surface area contributed by atoms with Gasteiger partial charge in [0.05, 0.1) is 25.3 Å². The molecule has 2 amide bonds. The lowest BCUT2D eigenvalue weighted by Gasteiger charge is -2.51. The molecule has 17 heteroatoms.